The molecule has 1 nitrogen and oxygen atoms in total. The van der Waals surface area contributed by atoms with Crippen molar-refractivity contribution < 1.29 is 0 Å². The predicted octanol–water partition coefficient (Wildman–Crippen LogP) is 4.02. The van der Waals surface area contributed by atoms with Gasteiger partial charge in [0.15, 0.2) is 0 Å². The van der Waals surface area contributed by atoms with Crippen LogP contribution < -0.4 is 5.32 Å². The minimum atomic E-state index is 0.597. The van der Waals surface area contributed by atoms with Crippen molar-refractivity contribution in [2.24, 2.45) is 5.92 Å². The van der Waals surface area contributed by atoms with Crippen molar-refractivity contribution in [3.63, 3.8) is 0 Å². The molecular formula is C18H21N. The molecule has 0 aromatic heterocycles. The maximum Gasteiger partial charge on any atom is 0.0457 e. The third-order valence-electron chi connectivity index (χ3n) is 3.28. The van der Waals surface area contributed by atoms with Gasteiger partial charge in [0.2, 0.25) is 0 Å². The largest absolute Gasteiger partial charge is 0.380 e. The lowest BCUT2D eigenvalue weighted by molar-refractivity contribution is 0.691. The molecule has 1 N–H and O–H groups in total. The first-order chi connectivity index (χ1) is 9.33. The molecule has 1 heterocycles. The standard InChI is InChI=1S/C16H15N.C2H6/c1-12-6-9-16-14(10-12)8-7-13-4-2-3-5-15(13)11-17-16;1-2/h2-6,9,12,17H,10-11H2,1H3;1-2H3. The van der Waals surface area contributed by atoms with E-state index in [0.29, 0.717) is 5.92 Å². The topological polar surface area (TPSA) is 12.0 Å². The van der Waals surface area contributed by atoms with E-state index in [4.69, 9.17) is 0 Å². The molecule has 1 unspecified atom stereocenters. The Labute approximate surface area is 116 Å². The molecule has 1 aromatic rings. The summed E-state index contributed by atoms with van der Waals surface area (Å²) < 4.78 is 0. The molecule has 1 heteroatoms. The van der Waals surface area contributed by atoms with E-state index in [9.17, 15) is 0 Å². The predicted molar refractivity (Wildman–Crippen MR) is 81.5 cm³/mol. The van der Waals surface area contributed by atoms with Crippen LogP contribution in [-0.2, 0) is 6.54 Å². The number of allylic oxidation sites excluding steroid dienone is 3. The van der Waals surface area contributed by atoms with E-state index in [1.54, 1.807) is 0 Å². The molecule has 0 amide bonds. The Balaban J connectivity index is 0.000000637. The second-order valence-electron chi connectivity index (χ2n) is 4.69. The Morgan fingerprint density at radius 1 is 1.16 bits per heavy atom. The van der Waals surface area contributed by atoms with Gasteiger partial charge in [0, 0.05) is 23.4 Å². The molecule has 0 fully saturated rings. The molecular weight excluding hydrogens is 230 g/mol. The van der Waals surface area contributed by atoms with Crippen LogP contribution in [0.15, 0.2) is 47.7 Å². The summed E-state index contributed by atoms with van der Waals surface area (Å²) in [5.74, 6) is 7.23. The molecule has 98 valence electrons. The van der Waals surface area contributed by atoms with Crippen LogP contribution in [0.5, 0.6) is 0 Å². The van der Waals surface area contributed by atoms with Crippen LogP contribution in [0.2, 0.25) is 0 Å². The second-order valence-corrected chi connectivity index (χ2v) is 4.69. The van der Waals surface area contributed by atoms with Crippen LogP contribution in [0, 0.1) is 17.8 Å². The van der Waals surface area contributed by atoms with Crippen molar-refractivity contribution in [2.45, 2.75) is 33.7 Å². The van der Waals surface area contributed by atoms with Crippen LogP contribution >= 0.6 is 0 Å². The van der Waals surface area contributed by atoms with Crippen molar-refractivity contribution in [3.05, 3.63) is 58.8 Å². The lowest BCUT2D eigenvalue weighted by Crippen LogP contribution is -2.18. The average Bonchev–Trinajstić information content (AvgIpc) is 2.44. The van der Waals surface area contributed by atoms with Crippen LogP contribution in [0.3, 0.4) is 0 Å². The lowest BCUT2D eigenvalue weighted by atomic mass is 9.93. The third kappa shape index (κ3) is 3.09. The Bertz CT molecular complexity index is 567. The number of nitrogens with one attached hydrogen (secondary N) is 1. The van der Waals surface area contributed by atoms with E-state index < -0.39 is 0 Å². The molecule has 1 atom stereocenters. The number of hydrogen-bond donors (Lipinski definition) is 1. The maximum atomic E-state index is 3.49. The molecule has 1 aliphatic heterocycles. The number of benzene rings is 1. The molecule has 1 aromatic carbocycles. The first-order valence-electron chi connectivity index (χ1n) is 7.08. The van der Waals surface area contributed by atoms with Crippen LogP contribution in [0.25, 0.3) is 0 Å². The van der Waals surface area contributed by atoms with E-state index in [1.165, 1.54) is 16.8 Å². The SMILES string of the molecule is CC.CC1C=CC2=C(C#Cc3ccccc3CN2)C1. The zero-order chi connectivity index (χ0) is 13.7. The molecule has 0 radical (unpaired) electrons. The molecule has 2 aliphatic rings. The fraction of sp³-hybridized carbons (Fsp3) is 0.333. The van der Waals surface area contributed by atoms with Crippen LogP contribution in [0.4, 0.5) is 0 Å². The summed E-state index contributed by atoms with van der Waals surface area (Å²) in [6.45, 7) is 7.09. The number of fused-ring (bicyclic) bond motifs is 1. The van der Waals surface area contributed by atoms with Crippen molar-refractivity contribution >= 4 is 0 Å². The summed E-state index contributed by atoms with van der Waals surface area (Å²) in [6.07, 6.45) is 5.47. The molecule has 0 spiro atoms. The van der Waals surface area contributed by atoms with Crippen molar-refractivity contribution in [1.29, 1.82) is 0 Å². The summed E-state index contributed by atoms with van der Waals surface area (Å²) in [7, 11) is 0. The van der Waals surface area contributed by atoms with Crippen molar-refractivity contribution in [2.75, 3.05) is 0 Å². The third-order valence-corrected chi connectivity index (χ3v) is 3.28. The van der Waals surface area contributed by atoms with E-state index in [-0.39, 0.29) is 0 Å². The van der Waals surface area contributed by atoms with E-state index in [1.807, 2.05) is 19.9 Å². The van der Waals surface area contributed by atoms with Gasteiger partial charge in [0.05, 0.1) is 0 Å². The van der Waals surface area contributed by atoms with Crippen LogP contribution in [-0.4, -0.2) is 0 Å². The van der Waals surface area contributed by atoms with Gasteiger partial charge in [-0.3, -0.25) is 0 Å². The van der Waals surface area contributed by atoms with Gasteiger partial charge in [-0.05, 0) is 30.0 Å². The van der Waals surface area contributed by atoms with Gasteiger partial charge in [-0.1, -0.05) is 56.9 Å². The molecule has 0 saturated heterocycles. The van der Waals surface area contributed by atoms with Gasteiger partial charge < -0.3 is 5.32 Å². The van der Waals surface area contributed by atoms with Gasteiger partial charge in [0.1, 0.15) is 0 Å². The fourth-order valence-electron chi connectivity index (χ4n) is 2.27. The fourth-order valence-corrected chi connectivity index (χ4v) is 2.27. The zero-order valence-electron chi connectivity index (χ0n) is 12.0. The normalized spacial score (nSPS) is 19.4. The quantitative estimate of drug-likeness (QED) is 0.687. The average molecular weight is 251 g/mol. The first-order valence-corrected chi connectivity index (χ1v) is 7.08. The minimum Gasteiger partial charge on any atom is -0.380 e. The van der Waals surface area contributed by atoms with Crippen LogP contribution in [0.1, 0.15) is 38.3 Å². The zero-order valence-corrected chi connectivity index (χ0v) is 12.0. The first kappa shape index (κ1) is 13.5. The van der Waals surface area contributed by atoms with E-state index in [0.717, 1.165) is 18.5 Å². The van der Waals surface area contributed by atoms with Crippen molar-refractivity contribution in [1.82, 2.24) is 5.32 Å². The van der Waals surface area contributed by atoms with Crippen molar-refractivity contribution in [3.8, 4) is 11.8 Å². The Morgan fingerprint density at radius 2 is 1.95 bits per heavy atom. The molecule has 19 heavy (non-hydrogen) atoms. The monoisotopic (exact) mass is 251 g/mol. The summed E-state index contributed by atoms with van der Waals surface area (Å²) >= 11 is 0. The van der Waals surface area contributed by atoms with Gasteiger partial charge in [-0.2, -0.15) is 0 Å². The van der Waals surface area contributed by atoms with Gasteiger partial charge >= 0.3 is 0 Å². The summed E-state index contributed by atoms with van der Waals surface area (Å²) in [6, 6.07) is 8.35. The minimum absolute atomic E-state index is 0.597. The number of rotatable bonds is 0. The molecule has 0 bridgehead atoms. The highest BCUT2D eigenvalue weighted by atomic mass is 14.9. The Hall–Kier alpha value is -1.94. The van der Waals surface area contributed by atoms with Gasteiger partial charge in [-0.15, -0.1) is 0 Å². The summed E-state index contributed by atoms with van der Waals surface area (Å²) in [4.78, 5) is 0. The highest BCUT2D eigenvalue weighted by molar-refractivity contribution is 5.50. The van der Waals surface area contributed by atoms with Gasteiger partial charge in [-0.25, -0.2) is 0 Å². The maximum absolute atomic E-state index is 3.49. The van der Waals surface area contributed by atoms with E-state index in [2.05, 4.69) is 54.4 Å². The number of hydrogen-bond acceptors (Lipinski definition) is 1. The summed E-state index contributed by atoms with van der Waals surface area (Å²) in [5.41, 5.74) is 4.87. The Kier molecular flexibility index (Phi) is 4.47. The molecule has 1 aliphatic carbocycles. The lowest BCUT2D eigenvalue weighted by Gasteiger charge is -2.19. The smallest absolute Gasteiger partial charge is 0.0457 e. The molecule has 0 saturated carbocycles. The highest BCUT2D eigenvalue weighted by Crippen LogP contribution is 2.23. The van der Waals surface area contributed by atoms with Gasteiger partial charge in [0.25, 0.3) is 0 Å². The van der Waals surface area contributed by atoms with E-state index >= 15 is 0 Å². The second kappa shape index (κ2) is 6.29. The molecule has 3 rings (SSSR count). The summed E-state index contributed by atoms with van der Waals surface area (Å²) in [5, 5.41) is 3.49. The highest BCUT2D eigenvalue weighted by Gasteiger charge is 2.13. The Morgan fingerprint density at radius 3 is 2.79 bits per heavy atom.